The molecule has 10 heteroatoms. The zero-order chi connectivity index (χ0) is 20.1. The highest BCUT2D eigenvalue weighted by atomic mass is 16.6. The van der Waals surface area contributed by atoms with E-state index in [2.05, 4.69) is 20.7 Å². The number of hydrazone groups is 1. The maximum Gasteiger partial charge on any atom is 0.315 e. The molecule has 3 aromatic rings. The van der Waals surface area contributed by atoms with Crippen LogP contribution in [-0.4, -0.2) is 39.5 Å². The second-order valence-electron chi connectivity index (χ2n) is 5.58. The molecule has 10 nitrogen and oxygen atoms in total. The van der Waals surface area contributed by atoms with Crippen molar-refractivity contribution in [2.45, 2.75) is 0 Å². The fourth-order valence-electron chi connectivity index (χ4n) is 2.40. The summed E-state index contributed by atoms with van der Waals surface area (Å²) < 4.78 is 4.90. The summed E-state index contributed by atoms with van der Waals surface area (Å²) in [5, 5.41) is 31.2. The summed E-state index contributed by atoms with van der Waals surface area (Å²) in [5.74, 6) is -1.20. The zero-order valence-corrected chi connectivity index (χ0v) is 14.6. The van der Waals surface area contributed by atoms with Gasteiger partial charge in [-0.2, -0.15) is 10.2 Å². The molecule has 0 radical (unpaired) electrons. The standard InChI is InChI=1S/C18H15N5O5/c1-28-16-8-11(7-15(17(16)24)23(26)27)10-19-22-18(25)14-9-13(20-21-14)12-5-3-2-4-6-12/h2-10,24H,1H3,(H,20,21)(H,22,25)/b19-10-. The molecule has 0 saturated carbocycles. The van der Waals surface area contributed by atoms with Gasteiger partial charge >= 0.3 is 5.69 Å². The highest BCUT2D eigenvalue weighted by Crippen LogP contribution is 2.36. The van der Waals surface area contributed by atoms with E-state index in [1.807, 2.05) is 30.3 Å². The molecule has 28 heavy (non-hydrogen) atoms. The average molecular weight is 381 g/mol. The number of aromatic amines is 1. The minimum absolute atomic E-state index is 0.0805. The van der Waals surface area contributed by atoms with Crippen LogP contribution in [0.4, 0.5) is 5.69 Å². The molecular formula is C18H15N5O5. The number of nitrogens with zero attached hydrogens (tertiary/aromatic N) is 3. The molecule has 1 amide bonds. The first-order chi connectivity index (χ1) is 13.5. The third-order valence-electron chi connectivity index (χ3n) is 3.77. The predicted octanol–water partition coefficient (Wildman–Crippen LogP) is 2.46. The van der Waals surface area contributed by atoms with Crippen LogP contribution < -0.4 is 10.2 Å². The van der Waals surface area contributed by atoms with E-state index in [0.29, 0.717) is 5.69 Å². The number of hydrogen-bond donors (Lipinski definition) is 3. The normalized spacial score (nSPS) is 10.8. The Hall–Kier alpha value is -4.21. The summed E-state index contributed by atoms with van der Waals surface area (Å²) in [6, 6.07) is 13.4. The van der Waals surface area contributed by atoms with Crippen LogP contribution in [0, 0.1) is 10.1 Å². The molecule has 0 spiro atoms. The van der Waals surface area contributed by atoms with E-state index in [1.54, 1.807) is 6.07 Å². The number of nitro benzene ring substituents is 1. The number of H-pyrrole nitrogens is 1. The van der Waals surface area contributed by atoms with Crippen molar-refractivity contribution >= 4 is 17.8 Å². The second-order valence-corrected chi connectivity index (χ2v) is 5.58. The Balaban J connectivity index is 1.73. The highest BCUT2D eigenvalue weighted by molar-refractivity contribution is 5.94. The number of nitrogens with one attached hydrogen (secondary N) is 2. The molecule has 1 aromatic heterocycles. The lowest BCUT2D eigenvalue weighted by Crippen LogP contribution is -2.18. The second kappa shape index (κ2) is 7.99. The third-order valence-corrected chi connectivity index (χ3v) is 3.77. The van der Waals surface area contributed by atoms with Gasteiger partial charge in [0.1, 0.15) is 5.69 Å². The van der Waals surface area contributed by atoms with E-state index in [1.165, 1.54) is 19.4 Å². The van der Waals surface area contributed by atoms with E-state index >= 15 is 0 Å². The lowest BCUT2D eigenvalue weighted by atomic mass is 10.1. The summed E-state index contributed by atoms with van der Waals surface area (Å²) >= 11 is 0. The van der Waals surface area contributed by atoms with Gasteiger partial charge in [0.05, 0.1) is 23.9 Å². The molecule has 3 rings (SSSR count). The molecule has 142 valence electrons. The average Bonchev–Trinajstić information content (AvgIpc) is 3.19. The predicted molar refractivity (Wildman–Crippen MR) is 100 cm³/mol. The number of amides is 1. The van der Waals surface area contributed by atoms with E-state index in [4.69, 9.17) is 4.74 Å². The zero-order valence-electron chi connectivity index (χ0n) is 14.6. The van der Waals surface area contributed by atoms with Crippen molar-refractivity contribution in [2.24, 2.45) is 5.10 Å². The maximum absolute atomic E-state index is 12.2. The number of rotatable bonds is 6. The van der Waals surface area contributed by atoms with Gasteiger partial charge in [0.25, 0.3) is 5.91 Å². The molecule has 0 aliphatic heterocycles. The van der Waals surface area contributed by atoms with Gasteiger partial charge in [0, 0.05) is 17.2 Å². The first-order valence-corrected chi connectivity index (χ1v) is 7.99. The number of carbonyl (C=O) groups is 1. The fourth-order valence-corrected chi connectivity index (χ4v) is 2.40. The molecule has 3 N–H and O–H groups in total. The number of phenols is 1. The number of carbonyl (C=O) groups excluding carboxylic acids is 1. The van der Waals surface area contributed by atoms with E-state index in [0.717, 1.165) is 11.6 Å². The maximum atomic E-state index is 12.2. The largest absolute Gasteiger partial charge is 0.500 e. The van der Waals surface area contributed by atoms with Gasteiger partial charge in [-0.05, 0) is 12.1 Å². The Morgan fingerprint density at radius 1 is 1.32 bits per heavy atom. The molecule has 0 aliphatic carbocycles. The Morgan fingerprint density at radius 3 is 2.75 bits per heavy atom. The third kappa shape index (κ3) is 3.96. The first-order valence-electron chi connectivity index (χ1n) is 7.99. The van der Waals surface area contributed by atoms with Crippen molar-refractivity contribution in [2.75, 3.05) is 7.11 Å². The first kappa shape index (κ1) is 18.6. The Morgan fingerprint density at radius 2 is 2.07 bits per heavy atom. The van der Waals surface area contributed by atoms with Crippen LogP contribution in [0.5, 0.6) is 11.5 Å². The minimum atomic E-state index is -0.747. The van der Waals surface area contributed by atoms with Crippen LogP contribution in [0.3, 0.4) is 0 Å². The molecule has 0 bridgehead atoms. The lowest BCUT2D eigenvalue weighted by Gasteiger charge is -2.05. The summed E-state index contributed by atoms with van der Waals surface area (Å²) in [7, 11) is 1.27. The van der Waals surface area contributed by atoms with Gasteiger partial charge in [-0.3, -0.25) is 20.0 Å². The van der Waals surface area contributed by atoms with Gasteiger partial charge < -0.3 is 9.84 Å². The molecule has 0 saturated heterocycles. The van der Waals surface area contributed by atoms with Crippen LogP contribution >= 0.6 is 0 Å². The number of benzene rings is 2. The number of nitro groups is 1. The van der Waals surface area contributed by atoms with Gasteiger partial charge in [-0.25, -0.2) is 5.43 Å². The van der Waals surface area contributed by atoms with Crippen molar-refractivity contribution < 1.29 is 19.6 Å². The summed E-state index contributed by atoms with van der Waals surface area (Å²) in [6.07, 6.45) is 1.20. The molecule has 0 fully saturated rings. The van der Waals surface area contributed by atoms with Crippen LogP contribution in [0.15, 0.2) is 53.6 Å². The smallest absolute Gasteiger partial charge is 0.315 e. The Bertz CT molecular complexity index is 1050. The summed E-state index contributed by atoms with van der Waals surface area (Å²) in [5.41, 5.74) is 3.68. The molecule has 0 atom stereocenters. The van der Waals surface area contributed by atoms with E-state index in [9.17, 15) is 20.0 Å². The van der Waals surface area contributed by atoms with E-state index in [-0.39, 0.29) is 17.0 Å². The monoisotopic (exact) mass is 381 g/mol. The van der Waals surface area contributed by atoms with Crippen LogP contribution in [0.25, 0.3) is 11.3 Å². The Labute approximate surface area is 158 Å². The van der Waals surface area contributed by atoms with Crippen molar-refractivity contribution in [1.29, 1.82) is 0 Å². The molecule has 0 unspecified atom stereocenters. The number of aromatic nitrogens is 2. The molecule has 0 aliphatic rings. The van der Waals surface area contributed by atoms with Gasteiger partial charge in [-0.15, -0.1) is 0 Å². The molecule has 1 heterocycles. The van der Waals surface area contributed by atoms with Crippen molar-refractivity contribution in [1.82, 2.24) is 15.6 Å². The number of phenolic OH excluding ortho intramolecular Hbond substituents is 1. The lowest BCUT2D eigenvalue weighted by molar-refractivity contribution is -0.386. The van der Waals surface area contributed by atoms with Crippen molar-refractivity contribution in [3.05, 3.63) is 69.9 Å². The molecule has 2 aromatic carbocycles. The van der Waals surface area contributed by atoms with Gasteiger partial charge in [0.2, 0.25) is 5.75 Å². The highest BCUT2D eigenvalue weighted by Gasteiger charge is 2.19. The van der Waals surface area contributed by atoms with Crippen LogP contribution in [0.2, 0.25) is 0 Å². The van der Waals surface area contributed by atoms with Gasteiger partial charge in [-0.1, -0.05) is 30.3 Å². The van der Waals surface area contributed by atoms with Crippen LogP contribution in [0.1, 0.15) is 16.1 Å². The van der Waals surface area contributed by atoms with Crippen molar-refractivity contribution in [3.63, 3.8) is 0 Å². The van der Waals surface area contributed by atoms with Crippen LogP contribution in [-0.2, 0) is 0 Å². The summed E-state index contributed by atoms with van der Waals surface area (Å²) in [4.78, 5) is 22.4. The number of ether oxygens (including phenoxy) is 1. The quantitative estimate of drug-likeness (QED) is 0.340. The fraction of sp³-hybridized carbons (Fsp3) is 0.0556. The molecular weight excluding hydrogens is 366 g/mol. The number of hydrogen-bond acceptors (Lipinski definition) is 7. The Kier molecular flexibility index (Phi) is 5.30. The van der Waals surface area contributed by atoms with E-state index < -0.39 is 22.3 Å². The topological polar surface area (TPSA) is 143 Å². The SMILES string of the molecule is COc1cc(/C=N\NC(=O)c2cc(-c3ccccc3)n[nH]2)cc([N+](=O)[O-])c1O. The van der Waals surface area contributed by atoms with Gasteiger partial charge in [0.15, 0.2) is 5.75 Å². The number of aromatic hydroxyl groups is 1. The van der Waals surface area contributed by atoms with Crippen molar-refractivity contribution in [3.8, 4) is 22.8 Å². The minimum Gasteiger partial charge on any atom is -0.500 e. The number of methoxy groups -OCH3 is 1. The summed E-state index contributed by atoms with van der Waals surface area (Å²) in [6.45, 7) is 0.